The number of nitrogens with two attached hydrogens (primary N) is 1. The van der Waals surface area contributed by atoms with Crippen molar-refractivity contribution in [2.45, 2.75) is 58.2 Å². The van der Waals surface area contributed by atoms with Gasteiger partial charge in [-0.2, -0.15) is 0 Å². The zero-order valence-corrected chi connectivity index (χ0v) is 12.0. The normalized spacial score (nSPS) is 26.3. The number of nitrogens with zero attached hydrogens (tertiary/aromatic N) is 2. The molecule has 0 spiro atoms. The van der Waals surface area contributed by atoms with Crippen molar-refractivity contribution < 1.29 is 0 Å². The number of aromatic nitrogens is 1. The van der Waals surface area contributed by atoms with Crippen LogP contribution in [-0.4, -0.2) is 28.5 Å². The van der Waals surface area contributed by atoms with Crippen LogP contribution in [0.15, 0.2) is 6.20 Å². The van der Waals surface area contributed by atoms with Crippen LogP contribution >= 0.6 is 11.3 Å². The molecule has 2 N–H and O–H groups in total. The minimum Gasteiger partial charge on any atom is -0.326 e. The van der Waals surface area contributed by atoms with Crippen LogP contribution in [-0.2, 0) is 0 Å². The Kier molecular flexibility index (Phi) is 3.85. The Morgan fingerprint density at radius 1 is 1.41 bits per heavy atom. The first-order chi connectivity index (χ1) is 8.00. The van der Waals surface area contributed by atoms with E-state index in [-0.39, 0.29) is 6.04 Å². The fourth-order valence-electron chi connectivity index (χ4n) is 2.50. The van der Waals surface area contributed by atoms with Gasteiger partial charge in [-0.05, 0) is 20.3 Å². The van der Waals surface area contributed by atoms with E-state index in [9.17, 15) is 0 Å². The Morgan fingerprint density at radius 2 is 2.12 bits per heavy atom. The summed E-state index contributed by atoms with van der Waals surface area (Å²) < 4.78 is 0. The molecule has 0 aliphatic carbocycles. The summed E-state index contributed by atoms with van der Waals surface area (Å²) in [4.78, 5) is 8.37. The lowest BCUT2D eigenvalue weighted by molar-refractivity contribution is 0.200. The summed E-state index contributed by atoms with van der Waals surface area (Å²) in [6.07, 6.45) is 3.13. The maximum atomic E-state index is 6.26. The van der Waals surface area contributed by atoms with Gasteiger partial charge in [0.15, 0.2) is 0 Å². The highest BCUT2D eigenvalue weighted by molar-refractivity contribution is 7.11. The summed E-state index contributed by atoms with van der Waals surface area (Å²) in [6.45, 7) is 9.98. The van der Waals surface area contributed by atoms with Gasteiger partial charge in [-0.15, -0.1) is 11.3 Å². The molecule has 0 bridgehead atoms. The van der Waals surface area contributed by atoms with Gasteiger partial charge in [-0.25, -0.2) is 4.98 Å². The number of likely N-dealkylation sites (tertiary alicyclic amines) is 1. The van der Waals surface area contributed by atoms with E-state index >= 15 is 0 Å². The average molecular weight is 253 g/mol. The highest BCUT2D eigenvalue weighted by Crippen LogP contribution is 2.36. The van der Waals surface area contributed by atoms with E-state index < -0.39 is 0 Å². The Balaban J connectivity index is 2.23. The first kappa shape index (κ1) is 13.0. The first-order valence-electron chi connectivity index (χ1n) is 6.47. The van der Waals surface area contributed by atoms with Gasteiger partial charge in [0.25, 0.3) is 0 Å². The fraction of sp³-hybridized carbons (Fsp3) is 0.769. The van der Waals surface area contributed by atoms with Gasteiger partial charge in [-0.3, -0.25) is 4.90 Å². The van der Waals surface area contributed by atoms with Gasteiger partial charge >= 0.3 is 0 Å². The molecule has 1 aliphatic heterocycles. The molecular formula is C13H23N3S. The van der Waals surface area contributed by atoms with Crippen LogP contribution in [0.25, 0.3) is 0 Å². The monoisotopic (exact) mass is 253 g/mol. The first-order valence-corrected chi connectivity index (χ1v) is 7.29. The Bertz CT molecular complexity index is 372. The second-order valence-corrected chi connectivity index (χ2v) is 6.58. The van der Waals surface area contributed by atoms with Crippen LogP contribution in [0.1, 0.15) is 56.0 Å². The van der Waals surface area contributed by atoms with Crippen molar-refractivity contribution >= 4 is 11.3 Å². The summed E-state index contributed by atoms with van der Waals surface area (Å²) in [5, 5.41) is 1.22. The third kappa shape index (κ3) is 2.54. The zero-order chi connectivity index (χ0) is 12.6. The largest absolute Gasteiger partial charge is 0.326 e. The highest BCUT2D eigenvalue weighted by Gasteiger charge is 2.35. The number of hydrogen-bond acceptors (Lipinski definition) is 4. The quantitative estimate of drug-likeness (QED) is 0.900. The van der Waals surface area contributed by atoms with Crippen LogP contribution in [0.5, 0.6) is 0 Å². The molecule has 1 fully saturated rings. The third-order valence-electron chi connectivity index (χ3n) is 3.47. The zero-order valence-electron chi connectivity index (χ0n) is 11.2. The molecule has 1 aromatic rings. The van der Waals surface area contributed by atoms with E-state index in [0.29, 0.717) is 18.0 Å². The fourth-order valence-corrected chi connectivity index (χ4v) is 3.62. The van der Waals surface area contributed by atoms with E-state index in [4.69, 9.17) is 5.73 Å². The topological polar surface area (TPSA) is 42.1 Å². The lowest BCUT2D eigenvalue weighted by atomic mass is 10.1. The lowest BCUT2D eigenvalue weighted by Gasteiger charge is -2.29. The van der Waals surface area contributed by atoms with Crippen molar-refractivity contribution in [3.8, 4) is 0 Å². The van der Waals surface area contributed by atoms with Crippen molar-refractivity contribution in [2.24, 2.45) is 5.73 Å². The Morgan fingerprint density at radius 3 is 2.65 bits per heavy atom. The van der Waals surface area contributed by atoms with Crippen LogP contribution in [0, 0.1) is 0 Å². The predicted molar refractivity (Wildman–Crippen MR) is 73.4 cm³/mol. The summed E-state index contributed by atoms with van der Waals surface area (Å²) in [7, 11) is 0. The average Bonchev–Trinajstić information content (AvgIpc) is 2.82. The van der Waals surface area contributed by atoms with Gasteiger partial charge < -0.3 is 5.73 Å². The molecule has 4 heteroatoms. The molecule has 17 heavy (non-hydrogen) atoms. The molecule has 1 saturated heterocycles. The Labute approximate surface area is 108 Å². The molecule has 2 rings (SSSR count). The van der Waals surface area contributed by atoms with Gasteiger partial charge in [-0.1, -0.05) is 13.8 Å². The lowest BCUT2D eigenvalue weighted by Crippen LogP contribution is -2.35. The van der Waals surface area contributed by atoms with Crippen LogP contribution < -0.4 is 5.73 Å². The van der Waals surface area contributed by atoms with Crippen LogP contribution in [0.4, 0.5) is 0 Å². The molecule has 0 amide bonds. The van der Waals surface area contributed by atoms with Crippen molar-refractivity contribution in [1.82, 2.24) is 9.88 Å². The molecule has 1 aromatic heterocycles. The molecule has 1 aliphatic rings. The van der Waals surface area contributed by atoms with E-state index in [2.05, 4.69) is 37.6 Å². The SMILES string of the molecule is CC(C)c1ncc([C@H]2[C@H](N)CCN2C(C)C)s1. The smallest absolute Gasteiger partial charge is 0.0953 e. The maximum absolute atomic E-state index is 6.26. The second kappa shape index (κ2) is 5.04. The molecule has 0 aromatic carbocycles. The molecule has 2 heterocycles. The van der Waals surface area contributed by atoms with E-state index in [1.807, 2.05) is 17.5 Å². The molecule has 0 radical (unpaired) electrons. The van der Waals surface area contributed by atoms with Crippen molar-refractivity contribution in [3.63, 3.8) is 0 Å². The van der Waals surface area contributed by atoms with Crippen molar-refractivity contribution in [3.05, 3.63) is 16.1 Å². The molecule has 3 nitrogen and oxygen atoms in total. The number of rotatable bonds is 3. The number of thiazole rings is 1. The van der Waals surface area contributed by atoms with Crippen LogP contribution in [0.3, 0.4) is 0 Å². The maximum Gasteiger partial charge on any atom is 0.0953 e. The molecule has 96 valence electrons. The minimum absolute atomic E-state index is 0.262. The highest BCUT2D eigenvalue weighted by atomic mass is 32.1. The number of hydrogen-bond donors (Lipinski definition) is 1. The minimum atomic E-state index is 0.262. The van der Waals surface area contributed by atoms with Crippen LogP contribution in [0.2, 0.25) is 0 Å². The molecule has 2 atom stereocenters. The summed E-state index contributed by atoms with van der Waals surface area (Å²) in [6, 6.07) is 1.19. The molecule has 0 saturated carbocycles. The van der Waals surface area contributed by atoms with E-state index in [1.54, 1.807) is 0 Å². The summed E-state index contributed by atoms with van der Waals surface area (Å²) >= 11 is 1.83. The van der Waals surface area contributed by atoms with Gasteiger partial charge in [0.1, 0.15) is 0 Å². The standard InChI is InChI=1S/C13H23N3S/c1-8(2)13-15-7-11(17-13)12-10(14)5-6-16(12)9(3)4/h7-10,12H,5-6,14H2,1-4H3/t10-,12-/m1/s1. The van der Waals surface area contributed by atoms with Gasteiger partial charge in [0, 0.05) is 35.6 Å². The third-order valence-corrected chi connectivity index (χ3v) is 4.84. The molecule has 0 unspecified atom stereocenters. The van der Waals surface area contributed by atoms with Gasteiger partial charge in [0.2, 0.25) is 0 Å². The van der Waals surface area contributed by atoms with Crippen molar-refractivity contribution in [2.75, 3.05) is 6.54 Å². The Hall–Kier alpha value is -0.450. The summed E-state index contributed by atoms with van der Waals surface area (Å²) in [5.74, 6) is 0.513. The predicted octanol–water partition coefficient (Wildman–Crippen LogP) is 2.75. The van der Waals surface area contributed by atoms with Crippen molar-refractivity contribution in [1.29, 1.82) is 0 Å². The van der Waals surface area contributed by atoms with E-state index in [1.165, 1.54) is 9.88 Å². The second-order valence-electron chi connectivity index (χ2n) is 5.48. The van der Waals surface area contributed by atoms with Gasteiger partial charge in [0.05, 0.1) is 11.0 Å². The molecular weight excluding hydrogens is 230 g/mol. The van der Waals surface area contributed by atoms with E-state index in [0.717, 1.165) is 13.0 Å². The summed E-state index contributed by atoms with van der Waals surface area (Å²) in [5.41, 5.74) is 6.26.